The Morgan fingerprint density at radius 2 is 1.79 bits per heavy atom. The molecule has 0 atom stereocenters. The Bertz CT molecular complexity index is 1130. The van der Waals surface area contributed by atoms with Crippen molar-refractivity contribution in [2.24, 2.45) is 0 Å². The zero-order chi connectivity index (χ0) is 21.0. The van der Waals surface area contributed by atoms with E-state index in [0.717, 1.165) is 22.5 Å². The fourth-order valence-electron chi connectivity index (χ4n) is 3.09. The van der Waals surface area contributed by atoms with Crippen LogP contribution in [0.4, 0.5) is 18.9 Å². The topological polar surface area (TPSA) is 95.6 Å². The number of nitrogens with one attached hydrogen (secondary N) is 2. The molecule has 152 valence electrons. The van der Waals surface area contributed by atoms with Gasteiger partial charge in [0, 0.05) is 11.6 Å². The molecule has 2 aromatic carbocycles. The molecule has 0 aromatic heterocycles. The first kappa shape index (κ1) is 19.2. The second-order valence-corrected chi connectivity index (χ2v) is 8.45. The molecule has 1 heterocycles. The van der Waals surface area contributed by atoms with E-state index in [2.05, 4.69) is 10.9 Å². The molecule has 2 aromatic rings. The van der Waals surface area contributed by atoms with Gasteiger partial charge in [-0.05, 0) is 43.2 Å². The highest BCUT2D eigenvalue weighted by Crippen LogP contribution is 2.39. The summed E-state index contributed by atoms with van der Waals surface area (Å²) in [5.74, 6) is -1.48. The summed E-state index contributed by atoms with van der Waals surface area (Å²) >= 11 is 0. The fraction of sp³-hybridized carbons (Fsp3) is 0.222. The summed E-state index contributed by atoms with van der Waals surface area (Å²) in [5.41, 5.74) is 2.85. The number of hydrogen-bond acceptors (Lipinski definition) is 5. The van der Waals surface area contributed by atoms with Crippen molar-refractivity contribution >= 4 is 27.5 Å². The van der Waals surface area contributed by atoms with Gasteiger partial charge in [-0.1, -0.05) is 12.1 Å². The van der Waals surface area contributed by atoms with E-state index in [9.17, 15) is 31.2 Å². The highest BCUT2D eigenvalue weighted by atomic mass is 32.2. The lowest BCUT2D eigenvalue weighted by molar-refractivity contribution is -0.137. The van der Waals surface area contributed by atoms with Gasteiger partial charge in [0.1, 0.15) is 4.90 Å². The molecule has 0 spiro atoms. The molecule has 11 heteroatoms. The maximum Gasteiger partial charge on any atom is 0.418 e. The van der Waals surface area contributed by atoms with Gasteiger partial charge in [0.25, 0.3) is 21.8 Å². The van der Waals surface area contributed by atoms with Crippen LogP contribution in [-0.4, -0.2) is 30.6 Å². The van der Waals surface area contributed by atoms with Crippen LogP contribution >= 0.6 is 0 Å². The van der Waals surface area contributed by atoms with Crippen LogP contribution in [0.5, 0.6) is 0 Å². The van der Waals surface area contributed by atoms with Gasteiger partial charge in [0.2, 0.25) is 0 Å². The molecule has 2 N–H and O–H groups in total. The highest BCUT2D eigenvalue weighted by Gasteiger charge is 2.48. The maximum absolute atomic E-state index is 13.0. The van der Waals surface area contributed by atoms with Crippen molar-refractivity contribution in [2.45, 2.75) is 30.0 Å². The summed E-state index contributed by atoms with van der Waals surface area (Å²) < 4.78 is 65.1. The number of hydrazine groups is 1. The van der Waals surface area contributed by atoms with Crippen LogP contribution in [0.25, 0.3) is 0 Å². The number of carbonyl (C=O) groups excluding carboxylic acids is 2. The maximum atomic E-state index is 13.0. The zero-order valence-corrected chi connectivity index (χ0v) is 15.5. The van der Waals surface area contributed by atoms with Crippen LogP contribution in [0.2, 0.25) is 0 Å². The normalized spacial score (nSPS) is 17.8. The number of rotatable bonds is 4. The minimum Gasteiger partial charge on any atom is -0.298 e. The van der Waals surface area contributed by atoms with Crippen LogP contribution in [0.15, 0.2) is 47.4 Å². The van der Waals surface area contributed by atoms with Gasteiger partial charge in [0.15, 0.2) is 0 Å². The van der Waals surface area contributed by atoms with Gasteiger partial charge in [-0.25, -0.2) is 12.7 Å². The van der Waals surface area contributed by atoms with E-state index >= 15 is 0 Å². The fourth-order valence-corrected chi connectivity index (χ4v) is 4.94. The highest BCUT2D eigenvalue weighted by molar-refractivity contribution is 7.90. The van der Waals surface area contributed by atoms with Gasteiger partial charge in [0.05, 0.1) is 16.8 Å². The van der Waals surface area contributed by atoms with E-state index < -0.39 is 33.6 Å². The van der Waals surface area contributed by atoms with Crippen LogP contribution in [0.3, 0.4) is 0 Å². The van der Waals surface area contributed by atoms with Crippen molar-refractivity contribution in [3.8, 4) is 0 Å². The van der Waals surface area contributed by atoms with E-state index in [1.54, 1.807) is 0 Å². The number of halogens is 3. The van der Waals surface area contributed by atoms with Gasteiger partial charge < -0.3 is 0 Å². The SMILES string of the molecule is O=C(NNc1ccccc1C(F)(F)F)c1ccc2c(c1)S(=O)(=O)N(C1CC1)C2=O. The monoisotopic (exact) mass is 425 g/mol. The molecule has 1 saturated carbocycles. The third-order valence-electron chi connectivity index (χ3n) is 4.63. The first-order valence-corrected chi connectivity index (χ1v) is 10.00. The van der Waals surface area contributed by atoms with E-state index in [1.807, 2.05) is 0 Å². The summed E-state index contributed by atoms with van der Waals surface area (Å²) in [6.07, 6.45) is -3.44. The Balaban J connectivity index is 1.57. The number of fused-ring (bicyclic) bond motifs is 1. The van der Waals surface area contributed by atoms with E-state index in [0.29, 0.717) is 12.8 Å². The number of hydrogen-bond donors (Lipinski definition) is 2. The van der Waals surface area contributed by atoms with E-state index in [1.165, 1.54) is 24.3 Å². The Kier molecular flexibility index (Phi) is 4.30. The second kappa shape index (κ2) is 6.48. The van der Waals surface area contributed by atoms with Crippen LogP contribution in [-0.2, 0) is 16.2 Å². The average Bonchev–Trinajstić information content (AvgIpc) is 3.46. The van der Waals surface area contributed by atoms with Gasteiger partial charge in [-0.15, -0.1) is 0 Å². The largest absolute Gasteiger partial charge is 0.418 e. The summed E-state index contributed by atoms with van der Waals surface area (Å²) in [7, 11) is -4.05. The van der Waals surface area contributed by atoms with Crippen LogP contribution < -0.4 is 10.9 Å². The van der Waals surface area contributed by atoms with Gasteiger partial charge >= 0.3 is 6.18 Å². The average molecular weight is 425 g/mol. The summed E-state index contributed by atoms with van der Waals surface area (Å²) in [4.78, 5) is 24.4. The Morgan fingerprint density at radius 3 is 2.45 bits per heavy atom. The first-order chi connectivity index (χ1) is 13.6. The summed E-state index contributed by atoms with van der Waals surface area (Å²) in [6.45, 7) is 0. The number of benzene rings is 2. The van der Waals surface area contributed by atoms with E-state index in [4.69, 9.17) is 0 Å². The summed E-state index contributed by atoms with van der Waals surface area (Å²) in [6, 6.07) is 7.74. The number of nitrogens with zero attached hydrogens (tertiary/aromatic N) is 1. The number of carbonyl (C=O) groups is 2. The molecule has 1 aliphatic carbocycles. The first-order valence-electron chi connectivity index (χ1n) is 8.56. The standard InChI is InChI=1S/C18H14F3N3O4S/c19-18(20,21)13-3-1-2-4-14(13)22-23-16(25)10-5-8-12-15(9-10)29(27,28)24(17(12)26)11-6-7-11/h1-5,8-9,11,22H,6-7H2,(H,23,25). The number of anilines is 1. The smallest absolute Gasteiger partial charge is 0.298 e. The predicted molar refractivity (Wildman–Crippen MR) is 95.4 cm³/mol. The van der Waals surface area contributed by atoms with Crippen LogP contribution in [0, 0.1) is 0 Å². The molecule has 2 aliphatic rings. The molecule has 29 heavy (non-hydrogen) atoms. The minimum atomic E-state index is -4.62. The Morgan fingerprint density at radius 1 is 1.10 bits per heavy atom. The van der Waals surface area contributed by atoms with Crippen molar-refractivity contribution in [2.75, 3.05) is 5.43 Å². The lowest BCUT2D eigenvalue weighted by atomic mass is 10.1. The Hall–Kier alpha value is -3.08. The zero-order valence-electron chi connectivity index (χ0n) is 14.7. The predicted octanol–water partition coefficient (Wildman–Crippen LogP) is 2.77. The van der Waals surface area contributed by atoms with Crippen molar-refractivity contribution in [1.29, 1.82) is 0 Å². The molecule has 0 saturated heterocycles. The number of alkyl halides is 3. The lowest BCUT2D eigenvalue weighted by Crippen LogP contribution is -2.32. The third-order valence-corrected chi connectivity index (χ3v) is 6.51. The molecule has 0 bridgehead atoms. The molecule has 7 nitrogen and oxygen atoms in total. The van der Waals surface area contributed by atoms with Gasteiger partial charge in [-0.2, -0.15) is 13.2 Å². The van der Waals surface area contributed by atoms with Crippen molar-refractivity contribution in [3.05, 3.63) is 59.2 Å². The quantitative estimate of drug-likeness (QED) is 0.735. The Labute approximate surface area is 163 Å². The molecule has 0 unspecified atom stereocenters. The molecular weight excluding hydrogens is 411 g/mol. The van der Waals surface area contributed by atoms with Crippen molar-refractivity contribution in [3.63, 3.8) is 0 Å². The van der Waals surface area contributed by atoms with Gasteiger partial charge in [-0.3, -0.25) is 20.4 Å². The van der Waals surface area contributed by atoms with E-state index in [-0.39, 0.29) is 27.8 Å². The van der Waals surface area contributed by atoms with Crippen molar-refractivity contribution < 1.29 is 31.2 Å². The summed E-state index contributed by atoms with van der Waals surface area (Å²) in [5, 5.41) is 0. The number of amides is 2. The molecule has 4 rings (SSSR count). The molecule has 1 aliphatic heterocycles. The lowest BCUT2D eigenvalue weighted by Gasteiger charge is -2.15. The molecule has 0 radical (unpaired) electrons. The molecule has 1 fully saturated rings. The molecular formula is C18H14F3N3O4S. The third kappa shape index (κ3) is 3.31. The molecule has 2 amide bonds. The van der Waals surface area contributed by atoms with Crippen LogP contribution in [0.1, 0.15) is 39.1 Å². The van der Waals surface area contributed by atoms with Crippen molar-refractivity contribution in [1.82, 2.24) is 9.73 Å². The second-order valence-electron chi connectivity index (χ2n) is 6.67. The minimum absolute atomic E-state index is 0.0242. The number of para-hydroxylation sites is 1. The number of sulfonamides is 1.